The standard InChI is InChI=1S/C18H16BrNO2/c1-12-4-6-13(7-5-12)15(11-20)8-14-9-16(19)10-17(21-2)18(14)22-3/h4-10H,1-3H3/b15-8-. The zero-order valence-corrected chi connectivity index (χ0v) is 14.3. The van der Waals surface area contributed by atoms with Crippen LogP contribution in [0.3, 0.4) is 0 Å². The normalized spacial score (nSPS) is 11.0. The molecule has 2 aromatic rings. The number of nitrogens with zero attached hydrogens (tertiary/aromatic N) is 1. The van der Waals surface area contributed by atoms with Crippen molar-refractivity contribution in [2.24, 2.45) is 0 Å². The van der Waals surface area contributed by atoms with Crippen molar-refractivity contribution >= 4 is 27.6 Å². The van der Waals surface area contributed by atoms with E-state index in [1.807, 2.05) is 43.3 Å². The molecule has 22 heavy (non-hydrogen) atoms. The predicted octanol–water partition coefficient (Wildman–Crippen LogP) is 4.84. The predicted molar refractivity (Wildman–Crippen MR) is 91.9 cm³/mol. The average molecular weight is 358 g/mol. The Morgan fingerprint density at radius 3 is 2.36 bits per heavy atom. The monoisotopic (exact) mass is 357 g/mol. The molecule has 0 fully saturated rings. The van der Waals surface area contributed by atoms with Crippen LogP contribution in [0.4, 0.5) is 0 Å². The zero-order chi connectivity index (χ0) is 16.1. The summed E-state index contributed by atoms with van der Waals surface area (Å²) in [7, 11) is 3.17. The summed E-state index contributed by atoms with van der Waals surface area (Å²) in [6.45, 7) is 2.02. The van der Waals surface area contributed by atoms with E-state index in [2.05, 4.69) is 22.0 Å². The first-order chi connectivity index (χ1) is 10.6. The van der Waals surface area contributed by atoms with Gasteiger partial charge in [0.2, 0.25) is 0 Å². The van der Waals surface area contributed by atoms with Gasteiger partial charge in [-0.1, -0.05) is 45.8 Å². The quantitative estimate of drug-likeness (QED) is 0.580. The van der Waals surface area contributed by atoms with Gasteiger partial charge in [-0.15, -0.1) is 0 Å². The second kappa shape index (κ2) is 7.15. The molecule has 0 N–H and O–H groups in total. The van der Waals surface area contributed by atoms with Gasteiger partial charge < -0.3 is 9.47 Å². The fourth-order valence-electron chi connectivity index (χ4n) is 2.13. The second-order valence-electron chi connectivity index (χ2n) is 4.77. The van der Waals surface area contributed by atoms with Crippen molar-refractivity contribution in [2.75, 3.05) is 14.2 Å². The van der Waals surface area contributed by atoms with Crippen molar-refractivity contribution in [2.45, 2.75) is 6.92 Å². The Labute approximate surface area is 138 Å². The summed E-state index contributed by atoms with van der Waals surface area (Å²) < 4.78 is 11.6. The minimum absolute atomic E-state index is 0.568. The van der Waals surface area contributed by atoms with E-state index in [0.29, 0.717) is 17.1 Å². The van der Waals surface area contributed by atoms with E-state index in [-0.39, 0.29) is 0 Å². The molecule has 0 spiro atoms. The molecule has 112 valence electrons. The fraction of sp³-hybridized carbons (Fsp3) is 0.167. The molecule has 0 aromatic heterocycles. The van der Waals surface area contributed by atoms with Crippen LogP contribution in [0.5, 0.6) is 11.5 Å². The van der Waals surface area contributed by atoms with Gasteiger partial charge in [-0.25, -0.2) is 0 Å². The molecule has 0 aliphatic heterocycles. The van der Waals surface area contributed by atoms with Gasteiger partial charge >= 0.3 is 0 Å². The third-order valence-corrected chi connectivity index (χ3v) is 3.71. The van der Waals surface area contributed by atoms with E-state index in [1.54, 1.807) is 20.3 Å². The number of aryl methyl sites for hydroxylation is 1. The van der Waals surface area contributed by atoms with Crippen molar-refractivity contribution in [1.29, 1.82) is 5.26 Å². The van der Waals surface area contributed by atoms with Crippen molar-refractivity contribution in [3.63, 3.8) is 0 Å². The minimum Gasteiger partial charge on any atom is -0.493 e. The molecule has 0 unspecified atom stereocenters. The van der Waals surface area contributed by atoms with Gasteiger partial charge in [0, 0.05) is 10.0 Å². The molecule has 0 saturated carbocycles. The lowest BCUT2D eigenvalue weighted by Crippen LogP contribution is -1.94. The second-order valence-corrected chi connectivity index (χ2v) is 5.68. The van der Waals surface area contributed by atoms with Crippen LogP contribution in [0.15, 0.2) is 40.9 Å². The van der Waals surface area contributed by atoms with E-state index < -0.39 is 0 Å². The Kier molecular flexibility index (Phi) is 5.24. The van der Waals surface area contributed by atoms with E-state index >= 15 is 0 Å². The SMILES string of the molecule is COc1cc(Br)cc(/C=C(/C#N)c2ccc(C)cc2)c1OC. The molecule has 0 heterocycles. The fourth-order valence-corrected chi connectivity index (χ4v) is 2.59. The summed E-state index contributed by atoms with van der Waals surface area (Å²) in [5, 5.41) is 9.47. The maximum Gasteiger partial charge on any atom is 0.168 e. The van der Waals surface area contributed by atoms with Crippen LogP contribution in [0.1, 0.15) is 16.7 Å². The third kappa shape index (κ3) is 3.49. The minimum atomic E-state index is 0.568. The Morgan fingerprint density at radius 2 is 1.82 bits per heavy atom. The van der Waals surface area contributed by atoms with Gasteiger partial charge in [-0.3, -0.25) is 0 Å². The lowest BCUT2D eigenvalue weighted by atomic mass is 10.0. The first kappa shape index (κ1) is 16.1. The van der Waals surface area contributed by atoms with Crippen molar-refractivity contribution in [3.05, 3.63) is 57.6 Å². The molecular formula is C18H16BrNO2. The third-order valence-electron chi connectivity index (χ3n) is 3.26. The van der Waals surface area contributed by atoms with Gasteiger partial charge in [0.25, 0.3) is 0 Å². The molecule has 0 aliphatic rings. The molecule has 0 aliphatic carbocycles. The summed E-state index contributed by atoms with van der Waals surface area (Å²) in [5.74, 6) is 1.22. The Morgan fingerprint density at radius 1 is 1.14 bits per heavy atom. The van der Waals surface area contributed by atoms with Gasteiger partial charge in [-0.05, 0) is 30.7 Å². The maximum atomic E-state index is 9.47. The molecular weight excluding hydrogens is 342 g/mol. The largest absolute Gasteiger partial charge is 0.493 e. The maximum absolute atomic E-state index is 9.47. The molecule has 2 rings (SSSR count). The number of ether oxygens (including phenoxy) is 2. The highest BCUT2D eigenvalue weighted by Crippen LogP contribution is 2.36. The van der Waals surface area contributed by atoms with Crippen molar-refractivity contribution < 1.29 is 9.47 Å². The smallest absolute Gasteiger partial charge is 0.168 e. The van der Waals surface area contributed by atoms with Gasteiger partial charge in [-0.2, -0.15) is 5.26 Å². The van der Waals surface area contributed by atoms with Crippen LogP contribution in [-0.2, 0) is 0 Å². The average Bonchev–Trinajstić information content (AvgIpc) is 2.52. The first-order valence-electron chi connectivity index (χ1n) is 6.69. The molecule has 0 bridgehead atoms. The van der Waals surface area contributed by atoms with Crippen LogP contribution >= 0.6 is 15.9 Å². The van der Waals surface area contributed by atoms with Crippen LogP contribution in [0.2, 0.25) is 0 Å². The van der Waals surface area contributed by atoms with Crippen molar-refractivity contribution in [1.82, 2.24) is 0 Å². The summed E-state index contributed by atoms with van der Waals surface area (Å²) in [5.41, 5.74) is 3.38. The molecule has 0 saturated heterocycles. The highest BCUT2D eigenvalue weighted by Gasteiger charge is 2.11. The number of nitriles is 1. The lowest BCUT2D eigenvalue weighted by molar-refractivity contribution is 0.354. The molecule has 0 radical (unpaired) electrons. The molecule has 0 atom stereocenters. The van der Waals surface area contributed by atoms with E-state index in [0.717, 1.165) is 21.2 Å². The lowest BCUT2D eigenvalue weighted by Gasteiger charge is -2.12. The van der Waals surface area contributed by atoms with E-state index in [1.165, 1.54) is 0 Å². The van der Waals surface area contributed by atoms with Crippen LogP contribution in [0, 0.1) is 18.3 Å². The van der Waals surface area contributed by atoms with Crippen LogP contribution < -0.4 is 9.47 Å². The molecule has 2 aromatic carbocycles. The Bertz CT molecular complexity index is 743. The van der Waals surface area contributed by atoms with Gasteiger partial charge in [0.05, 0.1) is 25.9 Å². The highest BCUT2D eigenvalue weighted by atomic mass is 79.9. The van der Waals surface area contributed by atoms with Gasteiger partial charge in [0.15, 0.2) is 11.5 Å². The van der Waals surface area contributed by atoms with E-state index in [4.69, 9.17) is 9.47 Å². The number of rotatable bonds is 4. The summed E-state index contributed by atoms with van der Waals surface area (Å²) in [6.07, 6.45) is 1.80. The summed E-state index contributed by atoms with van der Waals surface area (Å²) in [4.78, 5) is 0. The zero-order valence-electron chi connectivity index (χ0n) is 12.7. The number of benzene rings is 2. The Balaban J connectivity index is 2.57. The number of allylic oxidation sites excluding steroid dienone is 1. The van der Waals surface area contributed by atoms with Crippen molar-refractivity contribution in [3.8, 4) is 17.6 Å². The number of methoxy groups -OCH3 is 2. The molecule has 0 amide bonds. The highest BCUT2D eigenvalue weighted by molar-refractivity contribution is 9.10. The summed E-state index contributed by atoms with van der Waals surface area (Å²) in [6, 6.07) is 13.8. The molecule has 4 heteroatoms. The van der Waals surface area contributed by atoms with Crippen LogP contribution in [0.25, 0.3) is 11.6 Å². The first-order valence-corrected chi connectivity index (χ1v) is 7.48. The summed E-state index contributed by atoms with van der Waals surface area (Å²) >= 11 is 3.45. The van der Waals surface area contributed by atoms with E-state index in [9.17, 15) is 5.26 Å². The van der Waals surface area contributed by atoms with Gasteiger partial charge in [0.1, 0.15) is 0 Å². The Hall–Kier alpha value is -2.25. The number of hydrogen-bond acceptors (Lipinski definition) is 3. The van der Waals surface area contributed by atoms with Crippen LogP contribution in [-0.4, -0.2) is 14.2 Å². The number of hydrogen-bond donors (Lipinski definition) is 0. The topological polar surface area (TPSA) is 42.2 Å². The number of halogens is 1. The molecule has 3 nitrogen and oxygen atoms in total.